The lowest BCUT2D eigenvalue weighted by atomic mass is 10.2. The molecule has 10 nitrogen and oxygen atoms in total. The number of anilines is 2. The van der Waals surface area contributed by atoms with Gasteiger partial charge in [-0.15, -0.1) is 0 Å². The fraction of sp³-hybridized carbons (Fsp3) is 0.360. The average Bonchev–Trinajstić information content (AvgIpc) is 3.48. The summed E-state index contributed by atoms with van der Waals surface area (Å²) >= 11 is 0. The molecule has 0 aliphatic carbocycles. The van der Waals surface area contributed by atoms with E-state index in [1.807, 2.05) is 23.1 Å². The monoisotopic (exact) mass is 475 g/mol. The molecule has 3 aromatic rings. The zero-order valence-electron chi connectivity index (χ0n) is 19.8. The molecule has 4 heterocycles. The Hall–Kier alpha value is -4.26. The lowest BCUT2D eigenvalue weighted by molar-refractivity contribution is 0.0738. The van der Waals surface area contributed by atoms with Gasteiger partial charge in [0.25, 0.3) is 5.91 Å². The van der Waals surface area contributed by atoms with Crippen LogP contribution in [0, 0.1) is 25.2 Å². The second-order valence-corrected chi connectivity index (χ2v) is 8.42. The van der Waals surface area contributed by atoms with Gasteiger partial charge in [0.2, 0.25) is 11.6 Å². The summed E-state index contributed by atoms with van der Waals surface area (Å²) in [6, 6.07) is 9.53. The number of aromatic nitrogens is 2. The number of likely N-dealkylation sites (tertiary alicyclic amines) is 1. The van der Waals surface area contributed by atoms with Crippen molar-refractivity contribution in [3.63, 3.8) is 0 Å². The average molecular weight is 476 g/mol. The van der Waals surface area contributed by atoms with E-state index in [2.05, 4.69) is 16.0 Å². The normalized spacial score (nSPS) is 16.9. The van der Waals surface area contributed by atoms with Gasteiger partial charge >= 0.3 is 0 Å². The lowest BCUT2D eigenvalue weighted by Crippen LogP contribution is -2.31. The van der Waals surface area contributed by atoms with E-state index in [1.165, 1.54) is 7.11 Å². The van der Waals surface area contributed by atoms with Gasteiger partial charge < -0.3 is 28.4 Å². The van der Waals surface area contributed by atoms with Gasteiger partial charge in [0.1, 0.15) is 35.8 Å². The first kappa shape index (κ1) is 22.5. The zero-order chi connectivity index (χ0) is 24.5. The van der Waals surface area contributed by atoms with Crippen LogP contribution in [0.2, 0.25) is 0 Å². The molecular formula is C25H25N5O5. The van der Waals surface area contributed by atoms with Gasteiger partial charge in [0.15, 0.2) is 5.89 Å². The Bertz CT molecular complexity index is 1310. The maximum atomic E-state index is 12.8. The molecule has 1 saturated heterocycles. The highest BCUT2D eigenvalue weighted by Gasteiger charge is 2.31. The minimum absolute atomic E-state index is 0.146. The third-order valence-corrected chi connectivity index (χ3v) is 6.09. The maximum absolute atomic E-state index is 12.8. The third kappa shape index (κ3) is 4.33. The van der Waals surface area contributed by atoms with E-state index in [0.717, 1.165) is 17.1 Å². The molecule has 0 saturated carbocycles. The number of hydrogen-bond donors (Lipinski definition) is 0. The van der Waals surface area contributed by atoms with E-state index in [4.69, 9.17) is 18.6 Å². The number of methoxy groups -OCH3 is 1. The number of oxazole rings is 1. The molecule has 1 unspecified atom stereocenters. The first-order valence-electron chi connectivity index (χ1n) is 11.4. The SMILES string of the molecule is COc1ncc(N2CCOc3ccc(OC4CCN(C(=O)c5oc(C)nc5C)C4)cc32)cc1C#N. The maximum Gasteiger partial charge on any atom is 0.291 e. The van der Waals surface area contributed by atoms with Crippen LogP contribution in [-0.4, -0.2) is 60.2 Å². The smallest absolute Gasteiger partial charge is 0.291 e. The molecule has 2 aromatic heterocycles. The van der Waals surface area contributed by atoms with Gasteiger partial charge in [0.05, 0.1) is 43.5 Å². The molecule has 1 aromatic carbocycles. The third-order valence-electron chi connectivity index (χ3n) is 6.09. The van der Waals surface area contributed by atoms with Crippen LogP contribution < -0.4 is 19.1 Å². The van der Waals surface area contributed by atoms with E-state index < -0.39 is 0 Å². The molecular weight excluding hydrogens is 450 g/mol. The van der Waals surface area contributed by atoms with Crippen LogP contribution in [0.1, 0.15) is 34.1 Å². The summed E-state index contributed by atoms with van der Waals surface area (Å²) in [4.78, 5) is 25.1. The summed E-state index contributed by atoms with van der Waals surface area (Å²) in [7, 11) is 1.49. The molecule has 1 fully saturated rings. The van der Waals surface area contributed by atoms with Crippen molar-refractivity contribution >= 4 is 17.3 Å². The highest BCUT2D eigenvalue weighted by molar-refractivity contribution is 5.92. The second-order valence-electron chi connectivity index (χ2n) is 8.42. The number of benzene rings is 1. The van der Waals surface area contributed by atoms with Gasteiger partial charge in [0, 0.05) is 26.0 Å². The summed E-state index contributed by atoms with van der Waals surface area (Å²) < 4.78 is 22.7. The molecule has 180 valence electrons. The molecule has 0 bridgehead atoms. The molecule has 1 amide bonds. The minimum atomic E-state index is -0.167. The van der Waals surface area contributed by atoms with Crippen LogP contribution in [0.3, 0.4) is 0 Å². The van der Waals surface area contributed by atoms with E-state index >= 15 is 0 Å². The van der Waals surface area contributed by atoms with Crippen molar-refractivity contribution in [2.45, 2.75) is 26.4 Å². The fourth-order valence-electron chi connectivity index (χ4n) is 4.45. The Morgan fingerprint density at radius 2 is 2.11 bits per heavy atom. The van der Waals surface area contributed by atoms with Crippen LogP contribution in [0.15, 0.2) is 34.9 Å². The highest BCUT2D eigenvalue weighted by Crippen LogP contribution is 2.40. The van der Waals surface area contributed by atoms with Crippen molar-refractivity contribution in [1.82, 2.24) is 14.9 Å². The predicted molar refractivity (Wildman–Crippen MR) is 125 cm³/mol. The highest BCUT2D eigenvalue weighted by atomic mass is 16.5. The molecule has 1 atom stereocenters. The topological polar surface area (TPSA) is 114 Å². The summed E-state index contributed by atoms with van der Waals surface area (Å²) in [5.74, 6) is 2.28. The minimum Gasteiger partial charge on any atom is -0.490 e. The fourth-order valence-corrected chi connectivity index (χ4v) is 4.45. The van der Waals surface area contributed by atoms with Crippen LogP contribution in [-0.2, 0) is 0 Å². The molecule has 2 aliphatic heterocycles. The number of hydrogen-bond acceptors (Lipinski definition) is 9. The summed E-state index contributed by atoms with van der Waals surface area (Å²) in [6.07, 6.45) is 2.24. The zero-order valence-corrected chi connectivity index (χ0v) is 19.8. The summed E-state index contributed by atoms with van der Waals surface area (Å²) in [6.45, 7) is 5.64. The Morgan fingerprint density at radius 1 is 1.26 bits per heavy atom. The van der Waals surface area contributed by atoms with Crippen molar-refractivity contribution in [3.8, 4) is 23.4 Å². The van der Waals surface area contributed by atoms with Crippen molar-refractivity contribution in [2.75, 3.05) is 38.3 Å². The van der Waals surface area contributed by atoms with Crippen LogP contribution in [0.25, 0.3) is 0 Å². The quantitative estimate of drug-likeness (QED) is 0.548. The van der Waals surface area contributed by atoms with Gasteiger partial charge in [-0.05, 0) is 25.1 Å². The van der Waals surface area contributed by atoms with Gasteiger partial charge in [-0.2, -0.15) is 5.26 Å². The Morgan fingerprint density at radius 3 is 2.86 bits per heavy atom. The van der Waals surface area contributed by atoms with Crippen LogP contribution in [0.5, 0.6) is 17.4 Å². The first-order valence-corrected chi connectivity index (χ1v) is 11.4. The van der Waals surface area contributed by atoms with Crippen molar-refractivity contribution < 1.29 is 23.4 Å². The number of rotatable bonds is 5. The number of ether oxygens (including phenoxy) is 3. The van der Waals surface area contributed by atoms with Crippen molar-refractivity contribution in [3.05, 3.63) is 53.4 Å². The van der Waals surface area contributed by atoms with E-state index in [9.17, 15) is 10.1 Å². The van der Waals surface area contributed by atoms with Crippen molar-refractivity contribution in [2.24, 2.45) is 0 Å². The van der Waals surface area contributed by atoms with Gasteiger partial charge in [-0.1, -0.05) is 0 Å². The number of carbonyl (C=O) groups excluding carboxylic acids is 1. The Labute approximate surface area is 202 Å². The number of fused-ring (bicyclic) bond motifs is 1. The molecule has 0 N–H and O–H groups in total. The number of nitriles is 1. The number of nitrogens with zero attached hydrogens (tertiary/aromatic N) is 5. The molecule has 5 rings (SSSR count). The van der Waals surface area contributed by atoms with Gasteiger partial charge in [-0.3, -0.25) is 4.79 Å². The van der Waals surface area contributed by atoms with E-state index in [-0.39, 0.29) is 23.7 Å². The standard InChI is InChI=1S/C25H25N5O5/c1-15-23(34-16(2)28-15)25(31)29-7-6-20(14-29)35-19-4-5-22-21(11-19)30(8-9-33-22)18-10-17(12-26)24(32-3)27-13-18/h4-5,10-11,13,20H,6-9,14H2,1-3H3. The first-order chi connectivity index (χ1) is 17.0. The molecule has 10 heteroatoms. The molecule has 2 aliphatic rings. The number of amides is 1. The lowest BCUT2D eigenvalue weighted by Gasteiger charge is -2.31. The van der Waals surface area contributed by atoms with Gasteiger partial charge in [-0.25, -0.2) is 9.97 Å². The molecule has 0 spiro atoms. The second kappa shape index (κ2) is 9.18. The molecule has 0 radical (unpaired) electrons. The van der Waals surface area contributed by atoms with E-state index in [1.54, 1.807) is 31.0 Å². The number of pyridine rings is 1. The summed E-state index contributed by atoms with van der Waals surface area (Å²) in [5.41, 5.74) is 2.54. The van der Waals surface area contributed by atoms with Crippen molar-refractivity contribution in [1.29, 1.82) is 5.26 Å². The summed E-state index contributed by atoms with van der Waals surface area (Å²) in [5, 5.41) is 9.45. The largest absolute Gasteiger partial charge is 0.490 e. The Balaban J connectivity index is 1.33. The molecule has 35 heavy (non-hydrogen) atoms. The Kier molecular flexibility index (Phi) is 5.91. The van der Waals surface area contributed by atoms with E-state index in [0.29, 0.717) is 55.6 Å². The number of aryl methyl sites for hydroxylation is 2. The predicted octanol–water partition coefficient (Wildman–Crippen LogP) is 3.39. The van der Waals surface area contributed by atoms with Crippen LogP contribution in [0.4, 0.5) is 11.4 Å². The number of carbonyl (C=O) groups is 1. The van der Waals surface area contributed by atoms with Crippen LogP contribution >= 0.6 is 0 Å².